The molecule has 0 aliphatic carbocycles. The molecule has 4 atom stereocenters. The maximum atomic E-state index is 12.5. The Morgan fingerprint density at radius 3 is 0.821 bits per heavy atom. The lowest BCUT2D eigenvalue weighted by Gasteiger charge is -2.18. The molecule has 0 saturated carbocycles. The molecule has 0 heterocycles. The number of ketones is 1. The first-order valence-corrected chi connectivity index (χ1v) is 19.2. The van der Waals surface area contributed by atoms with Crippen molar-refractivity contribution in [2.45, 2.75) is 172 Å². The number of rotatable bonds is 35. The van der Waals surface area contributed by atoms with Crippen LogP contribution in [0.5, 0.6) is 0 Å². The van der Waals surface area contributed by atoms with Crippen molar-refractivity contribution in [1.29, 1.82) is 0 Å². The molecular formula is C37H60N4O15. The highest BCUT2D eigenvalue weighted by atomic mass is 16.4. The number of carbonyl (C=O) groups excluding carboxylic acids is 5. The number of carboxylic acid groups (broad SMARTS) is 5. The molecule has 0 unspecified atom stereocenters. The second kappa shape index (κ2) is 30.2. The SMILES string of the molecule is CC(=O)CC[C@H](NC(=O)CC[C@H](NC(=O)CC[C@H](NC(=O)CC[C@H](NC(=O)CCCCCCCCCCCCCCC(=O)O)C(=O)O)C(=O)O)C(=O)O)C(=O)O. The molecule has 0 aromatic carbocycles. The maximum Gasteiger partial charge on any atom is 0.326 e. The molecule has 0 bridgehead atoms. The summed E-state index contributed by atoms with van der Waals surface area (Å²) in [5, 5.41) is 55.3. The molecule has 0 fully saturated rings. The molecule has 19 heteroatoms. The predicted molar refractivity (Wildman–Crippen MR) is 198 cm³/mol. The van der Waals surface area contributed by atoms with Gasteiger partial charge in [-0.1, -0.05) is 64.2 Å². The average Bonchev–Trinajstić information content (AvgIpc) is 3.11. The Morgan fingerprint density at radius 1 is 0.339 bits per heavy atom. The zero-order valence-electron chi connectivity index (χ0n) is 32.2. The van der Waals surface area contributed by atoms with E-state index in [1.54, 1.807) is 0 Å². The molecule has 4 amide bonds. The molecule has 0 spiro atoms. The van der Waals surface area contributed by atoms with E-state index in [0.29, 0.717) is 12.8 Å². The molecule has 0 saturated heterocycles. The topological polar surface area (TPSA) is 320 Å². The van der Waals surface area contributed by atoms with Gasteiger partial charge in [-0.15, -0.1) is 0 Å². The van der Waals surface area contributed by atoms with Crippen LogP contribution in [0.4, 0.5) is 0 Å². The second-order valence-electron chi connectivity index (χ2n) is 13.8. The van der Waals surface area contributed by atoms with E-state index in [2.05, 4.69) is 21.3 Å². The van der Waals surface area contributed by atoms with Crippen LogP contribution >= 0.6 is 0 Å². The number of hydrogen-bond acceptors (Lipinski definition) is 10. The summed E-state index contributed by atoms with van der Waals surface area (Å²) in [6, 6.07) is -5.95. The first-order chi connectivity index (χ1) is 26.4. The van der Waals surface area contributed by atoms with Crippen molar-refractivity contribution in [1.82, 2.24) is 21.3 Å². The third-order valence-electron chi connectivity index (χ3n) is 8.84. The smallest absolute Gasteiger partial charge is 0.326 e. The average molecular weight is 801 g/mol. The first kappa shape index (κ1) is 50.9. The predicted octanol–water partition coefficient (Wildman–Crippen LogP) is 2.52. The molecule has 0 aliphatic heterocycles. The zero-order chi connectivity index (χ0) is 42.5. The van der Waals surface area contributed by atoms with Crippen molar-refractivity contribution in [3.63, 3.8) is 0 Å². The van der Waals surface area contributed by atoms with Crippen LogP contribution in [-0.4, -0.2) is 109 Å². The minimum atomic E-state index is -1.59. The van der Waals surface area contributed by atoms with Gasteiger partial charge < -0.3 is 51.6 Å². The van der Waals surface area contributed by atoms with Crippen molar-refractivity contribution in [3.05, 3.63) is 0 Å². The molecule has 0 radical (unpaired) electrons. The van der Waals surface area contributed by atoms with Crippen LogP contribution < -0.4 is 21.3 Å². The van der Waals surface area contributed by atoms with Crippen LogP contribution in [0.1, 0.15) is 148 Å². The summed E-state index contributed by atoms with van der Waals surface area (Å²) < 4.78 is 0. The first-order valence-electron chi connectivity index (χ1n) is 19.2. The lowest BCUT2D eigenvalue weighted by atomic mass is 10.0. The van der Waals surface area contributed by atoms with Crippen LogP contribution in [0, 0.1) is 0 Å². The Hall–Kier alpha value is -5.10. The molecule has 9 N–H and O–H groups in total. The van der Waals surface area contributed by atoms with Crippen LogP contribution in [0.3, 0.4) is 0 Å². The Bertz CT molecular complexity index is 1320. The number of hydrogen-bond donors (Lipinski definition) is 9. The standard InChI is InChI=1S/C37H60N4O15/c1-24(42)16-17-25(34(49)50)39-30(44)22-19-27(36(53)54)41-32(46)23-20-28(37(55)56)40-31(45)21-18-26(35(51)52)38-29(43)14-12-10-8-6-4-2-3-5-7-9-11-13-15-33(47)48/h25-28H,2-23H2,1H3,(H,38,43)(H,39,44)(H,40,45)(H,41,46)(H,47,48)(H,49,50)(H,51,52)(H,53,54)(H,55,56)/t25-,26-,27-,28-/m0/s1. The molecule has 318 valence electrons. The van der Waals surface area contributed by atoms with Crippen molar-refractivity contribution < 1.29 is 73.5 Å². The number of Topliss-reactive ketones (excluding diaryl/α,β-unsaturated/α-hetero) is 1. The fraction of sp³-hybridized carbons (Fsp3) is 0.730. The lowest BCUT2D eigenvalue weighted by molar-refractivity contribution is -0.144. The van der Waals surface area contributed by atoms with Gasteiger partial charge in [0, 0.05) is 38.5 Å². The normalized spacial score (nSPS) is 12.9. The summed E-state index contributed by atoms with van der Waals surface area (Å²) in [7, 11) is 0. The minimum Gasteiger partial charge on any atom is -0.481 e. The third-order valence-corrected chi connectivity index (χ3v) is 8.84. The third kappa shape index (κ3) is 27.5. The van der Waals surface area contributed by atoms with Gasteiger partial charge in [0.2, 0.25) is 23.6 Å². The van der Waals surface area contributed by atoms with Gasteiger partial charge >= 0.3 is 29.8 Å². The van der Waals surface area contributed by atoms with Gasteiger partial charge in [0.05, 0.1) is 0 Å². The quantitative estimate of drug-likeness (QED) is 0.0416. The molecule has 0 rings (SSSR count). The maximum absolute atomic E-state index is 12.5. The van der Waals surface area contributed by atoms with Crippen LogP contribution in [0.2, 0.25) is 0 Å². The lowest BCUT2D eigenvalue weighted by Crippen LogP contribution is -2.45. The van der Waals surface area contributed by atoms with E-state index in [4.69, 9.17) is 5.11 Å². The highest BCUT2D eigenvalue weighted by Gasteiger charge is 2.27. The Morgan fingerprint density at radius 2 is 0.571 bits per heavy atom. The molecular weight excluding hydrogens is 740 g/mol. The molecule has 56 heavy (non-hydrogen) atoms. The van der Waals surface area contributed by atoms with Crippen molar-refractivity contribution in [3.8, 4) is 0 Å². The second-order valence-corrected chi connectivity index (χ2v) is 13.8. The monoisotopic (exact) mass is 800 g/mol. The van der Waals surface area contributed by atoms with E-state index in [-0.39, 0.29) is 37.9 Å². The summed E-state index contributed by atoms with van der Waals surface area (Å²) in [6.45, 7) is 1.25. The number of aliphatic carboxylic acids is 5. The van der Waals surface area contributed by atoms with Crippen LogP contribution in [0.25, 0.3) is 0 Å². The van der Waals surface area contributed by atoms with E-state index in [0.717, 1.165) is 64.2 Å². The Kier molecular flexibility index (Phi) is 27.4. The number of carboxylic acids is 5. The fourth-order valence-electron chi connectivity index (χ4n) is 5.60. The Balaban J connectivity index is 4.54. The number of amides is 4. The number of unbranched alkanes of at least 4 members (excludes halogenated alkanes) is 11. The van der Waals surface area contributed by atoms with Gasteiger partial charge in [-0.2, -0.15) is 0 Å². The molecule has 0 aromatic heterocycles. The van der Waals surface area contributed by atoms with E-state index in [1.807, 2.05) is 0 Å². The molecule has 0 aliphatic rings. The summed E-state index contributed by atoms with van der Waals surface area (Å²) in [5.41, 5.74) is 0. The fourth-order valence-corrected chi connectivity index (χ4v) is 5.60. The van der Waals surface area contributed by atoms with E-state index in [9.17, 15) is 68.4 Å². The van der Waals surface area contributed by atoms with Gasteiger partial charge in [-0.05, 0) is 45.4 Å². The van der Waals surface area contributed by atoms with E-state index >= 15 is 0 Å². The van der Waals surface area contributed by atoms with Gasteiger partial charge in [0.15, 0.2) is 0 Å². The van der Waals surface area contributed by atoms with Crippen LogP contribution in [-0.2, 0) is 47.9 Å². The minimum absolute atomic E-state index is 0.101. The van der Waals surface area contributed by atoms with Crippen molar-refractivity contribution >= 4 is 59.3 Å². The van der Waals surface area contributed by atoms with Gasteiger partial charge in [0.25, 0.3) is 0 Å². The van der Waals surface area contributed by atoms with Crippen molar-refractivity contribution in [2.24, 2.45) is 0 Å². The highest BCUT2D eigenvalue weighted by Crippen LogP contribution is 2.13. The van der Waals surface area contributed by atoms with Crippen molar-refractivity contribution in [2.75, 3.05) is 0 Å². The highest BCUT2D eigenvalue weighted by molar-refractivity contribution is 5.88. The zero-order valence-corrected chi connectivity index (χ0v) is 32.2. The molecule has 19 nitrogen and oxygen atoms in total. The summed E-state index contributed by atoms with van der Waals surface area (Å²) >= 11 is 0. The van der Waals surface area contributed by atoms with E-state index < -0.39 is 110 Å². The van der Waals surface area contributed by atoms with Gasteiger partial charge in [-0.25, -0.2) is 19.2 Å². The van der Waals surface area contributed by atoms with Crippen LogP contribution in [0.15, 0.2) is 0 Å². The summed E-state index contributed by atoms with van der Waals surface area (Å²) in [6.07, 6.45) is 8.81. The number of carbonyl (C=O) groups is 10. The molecule has 0 aromatic rings. The van der Waals surface area contributed by atoms with Gasteiger partial charge in [-0.3, -0.25) is 24.0 Å². The van der Waals surface area contributed by atoms with E-state index in [1.165, 1.54) is 6.92 Å². The Labute approximate surface area is 326 Å². The van der Waals surface area contributed by atoms with Gasteiger partial charge in [0.1, 0.15) is 30.0 Å². The largest absolute Gasteiger partial charge is 0.481 e. The summed E-state index contributed by atoms with van der Waals surface area (Å²) in [4.78, 5) is 118. The summed E-state index contributed by atoms with van der Waals surface area (Å²) in [5.74, 6) is -9.93. The number of nitrogens with one attached hydrogen (secondary N) is 4.